The Morgan fingerprint density at radius 1 is 0.871 bits per heavy atom. The summed E-state index contributed by atoms with van der Waals surface area (Å²) in [5.74, 6) is -1.08. The summed E-state index contributed by atoms with van der Waals surface area (Å²) in [5.41, 5.74) is 7.99. The molecular formula is C22H17N2NaO5S. The molecule has 3 aromatic rings. The number of carbonyl (C=O) groups excluding carboxylic acids is 2. The molecular weight excluding hydrogens is 427 g/mol. The molecule has 0 aliphatic heterocycles. The minimum Gasteiger partial charge on any atom is -0.744 e. The molecule has 0 atom stereocenters. The van der Waals surface area contributed by atoms with Gasteiger partial charge in [-0.2, -0.15) is 0 Å². The number of nitrogens with two attached hydrogens (primary N) is 1. The number of benzene rings is 3. The number of hydrogen-bond donors (Lipinski definition) is 2. The first-order valence-corrected chi connectivity index (χ1v) is 10.5. The van der Waals surface area contributed by atoms with Crippen molar-refractivity contribution < 1.29 is 52.1 Å². The monoisotopic (exact) mass is 444 g/mol. The molecule has 31 heavy (non-hydrogen) atoms. The van der Waals surface area contributed by atoms with Gasteiger partial charge in [0.2, 0.25) is 0 Å². The quantitative estimate of drug-likeness (QED) is 0.264. The van der Waals surface area contributed by atoms with Crippen LogP contribution < -0.4 is 40.6 Å². The second kappa shape index (κ2) is 8.22. The van der Waals surface area contributed by atoms with Gasteiger partial charge in [-0.3, -0.25) is 9.59 Å². The van der Waals surface area contributed by atoms with Gasteiger partial charge < -0.3 is 15.6 Å². The fourth-order valence-corrected chi connectivity index (χ4v) is 4.21. The molecule has 3 N–H and O–H groups in total. The molecule has 4 rings (SSSR count). The molecule has 152 valence electrons. The zero-order valence-electron chi connectivity index (χ0n) is 17.1. The van der Waals surface area contributed by atoms with Crippen LogP contribution >= 0.6 is 0 Å². The van der Waals surface area contributed by atoms with Gasteiger partial charge in [-0.25, -0.2) is 8.42 Å². The Hall–Kier alpha value is -2.49. The van der Waals surface area contributed by atoms with Gasteiger partial charge in [0.15, 0.2) is 11.6 Å². The van der Waals surface area contributed by atoms with E-state index in [9.17, 15) is 22.6 Å². The second-order valence-electron chi connectivity index (χ2n) is 7.17. The van der Waals surface area contributed by atoms with Crippen LogP contribution in [-0.2, 0) is 10.1 Å². The molecule has 0 bridgehead atoms. The van der Waals surface area contributed by atoms with Crippen molar-refractivity contribution in [1.29, 1.82) is 0 Å². The van der Waals surface area contributed by atoms with Crippen molar-refractivity contribution in [2.45, 2.75) is 18.7 Å². The van der Waals surface area contributed by atoms with E-state index >= 15 is 0 Å². The Morgan fingerprint density at radius 2 is 1.45 bits per heavy atom. The molecule has 0 unspecified atom stereocenters. The third kappa shape index (κ3) is 3.93. The number of fused-ring (bicyclic) bond motifs is 2. The van der Waals surface area contributed by atoms with Crippen LogP contribution in [0.15, 0.2) is 53.4 Å². The minimum absolute atomic E-state index is 0. The number of rotatable bonds is 3. The van der Waals surface area contributed by atoms with Crippen molar-refractivity contribution in [3.8, 4) is 0 Å². The number of nitrogen functional groups attached to an aromatic ring is 1. The maximum atomic E-state index is 13.2. The second-order valence-corrected chi connectivity index (χ2v) is 8.52. The Bertz CT molecular complexity index is 1370. The smallest absolute Gasteiger partial charge is 0.744 e. The average Bonchev–Trinajstić information content (AvgIpc) is 2.69. The zero-order chi connectivity index (χ0) is 21.8. The molecule has 0 fully saturated rings. The van der Waals surface area contributed by atoms with E-state index < -0.39 is 32.3 Å². The molecule has 0 radical (unpaired) electrons. The van der Waals surface area contributed by atoms with Crippen molar-refractivity contribution >= 4 is 38.7 Å². The third-order valence-corrected chi connectivity index (χ3v) is 6.13. The number of aryl methyl sites for hydroxylation is 2. The summed E-state index contributed by atoms with van der Waals surface area (Å²) in [7, 11) is -4.99. The van der Waals surface area contributed by atoms with E-state index in [0.29, 0.717) is 5.69 Å². The van der Waals surface area contributed by atoms with Gasteiger partial charge >= 0.3 is 29.6 Å². The van der Waals surface area contributed by atoms with E-state index in [2.05, 4.69) is 5.32 Å². The molecule has 0 spiro atoms. The molecule has 0 amide bonds. The van der Waals surface area contributed by atoms with Crippen LogP contribution in [0.2, 0.25) is 0 Å². The number of hydrogen-bond acceptors (Lipinski definition) is 7. The summed E-state index contributed by atoms with van der Waals surface area (Å²) in [6.07, 6.45) is 0. The Morgan fingerprint density at radius 3 is 2.00 bits per heavy atom. The van der Waals surface area contributed by atoms with E-state index in [-0.39, 0.29) is 57.5 Å². The van der Waals surface area contributed by atoms with Gasteiger partial charge in [-0.15, -0.1) is 0 Å². The van der Waals surface area contributed by atoms with Crippen molar-refractivity contribution in [2.75, 3.05) is 11.1 Å². The Balaban J connectivity index is 0.00000272. The molecule has 1 aliphatic carbocycles. The van der Waals surface area contributed by atoms with E-state index in [0.717, 1.165) is 17.2 Å². The topological polar surface area (TPSA) is 129 Å². The Labute approximate surface area is 201 Å². The number of carbonyl (C=O) groups is 2. The van der Waals surface area contributed by atoms with E-state index in [4.69, 9.17) is 5.73 Å². The summed E-state index contributed by atoms with van der Waals surface area (Å²) in [6, 6.07) is 12.6. The number of ketones is 2. The van der Waals surface area contributed by atoms with E-state index in [1.54, 1.807) is 18.2 Å². The van der Waals surface area contributed by atoms with Crippen LogP contribution in [0.4, 0.5) is 17.1 Å². The van der Waals surface area contributed by atoms with Gasteiger partial charge in [0.25, 0.3) is 0 Å². The maximum Gasteiger partial charge on any atom is 1.00 e. The van der Waals surface area contributed by atoms with Crippen molar-refractivity contribution in [1.82, 2.24) is 0 Å². The molecule has 7 nitrogen and oxygen atoms in total. The first-order valence-electron chi connectivity index (χ1n) is 9.04. The summed E-state index contributed by atoms with van der Waals surface area (Å²) in [4.78, 5) is 25.6. The predicted molar refractivity (Wildman–Crippen MR) is 111 cm³/mol. The van der Waals surface area contributed by atoms with Crippen LogP contribution in [0.3, 0.4) is 0 Å². The van der Waals surface area contributed by atoms with Crippen molar-refractivity contribution in [3.63, 3.8) is 0 Å². The van der Waals surface area contributed by atoms with E-state index in [1.807, 2.05) is 26.0 Å². The van der Waals surface area contributed by atoms with Crippen LogP contribution in [-0.4, -0.2) is 24.5 Å². The maximum absolute atomic E-state index is 13.2. The first-order chi connectivity index (χ1) is 14.1. The van der Waals surface area contributed by atoms with Gasteiger partial charge in [-0.05, 0) is 43.2 Å². The fourth-order valence-electron chi connectivity index (χ4n) is 3.57. The van der Waals surface area contributed by atoms with Gasteiger partial charge in [0.1, 0.15) is 10.1 Å². The number of nitrogens with one attached hydrogen (secondary N) is 1. The summed E-state index contributed by atoms with van der Waals surface area (Å²) < 4.78 is 35.5. The van der Waals surface area contributed by atoms with Crippen LogP contribution in [0.1, 0.15) is 43.0 Å². The van der Waals surface area contributed by atoms with Gasteiger partial charge in [0, 0.05) is 16.8 Å². The van der Waals surface area contributed by atoms with Crippen molar-refractivity contribution in [3.05, 3.63) is 81.9 Å². The summed E-state index contributed by atoms with van der Waals surface area (Å²) in [5, 5.41) is 2.99. The molecule has 0 aromatic heterocycles. The van der Waals surface area contributed by atoms with Crippen molar-refractivity contribution in [2.24, 2.45) is 0 Å². The third-order valence-electron chi connectivity index (χ3n) is 5.26. The molecule has 3 aromatic carbocycles. The molecule has 1 aliphatic rings. The SMILES string of the molecule is Cc1ccc(Nc2cc(S(=O)(=O)[O-])c(N)c3c2C(=O)c2ccccc2C3=O)cc1C.[Na+]. The summed E-state index contributed by atoms with van der Waals surface area (Å²) >= 11 is 0. The van der Waals surface area contributed by atoms with Gasteiger partial charge in [0.05, 0.1) is 27.4 Å². The largest absolute Gasteiger partial charge is 1.00 e. The molecule has 0 heterocycles. The molecule has 0 saturated heterocycles. The van der Waals surface area contributed by atoms with E-state index in [1.165, 1.54) is 12.1 Å². The van der Waals surface area contributed by atoms with Crippen LogP contribution in [0.25, 0.3) is 0 Å². The molecule has 9 heteroatoms. The Kier molecular flexibility index (Phi) is 6.14. The fraction of sp³-hybridized carbons (Fsp3) is 0.0909. The predicted octanol–water partition coefficient (Wildman–Crippen LogP) is 0.313. The van der Waals surface area contributed by atoms with Crippen LogP contribution in [0, 0.1) is 13.8 Å². The molecule has 0 saturated carbocycles. The first kappa shape index (κ1) is 23.2. The normalized spacial score (nSPS) is 12.6. The number of anilines is 3. The minimum atomic E-state index is -4.99. The summed E-state index contributed by atoms with van der Waals surface area (Å²) in [6.45, 7) is 3.84. The van der Waals surface area contributed by atoms with Crippen LogP contribution in [0.5, 0.6) is 0 Å². The average molecular weight is 444 g/mol. The standard InChI is InChI=1S/C22H18N2O5S.Na/c1-11-7-8-13(9-12(11)2)24-16-10-17(30(27,28)29)20(23)19-18(16)21(25)14-5-3-4-6-15(14)22(19)26;/h3-10,24H,23H2,1-2H3,(H,27,28,29);/q;+1/p-1. The van der Waals surface area contributed by atoms with Gasteiger partial charge in [-0.1, -0.05) is 30.3 Å². The zero-order valence-corrected chi connectivity index (χ0v) is 20.0.